The second kappa shape index (κ2) is 5.05. The fourth-order valence-corrected chi connectivity index (χ4v) is 2.58. The van der Waals surface area contributed by atoms with Crippen molar-refractivity contribution < 1.29 is 13.2 Å². The van der Waals surface area contributed by atoms with Gasteiger partial charge in [0.25, 0.3) is 0 Å². The first-order chi connectivity index (χ1) is 9.54. The third-order valence-electron chi connectivity index (χ3n) is 3.14. The minimum Gasteiger partial charge on any atom is -0.356 e. The lowest BCUT2D eigenvalue weighted by molar-refractivity contribution is -0.138. The molecule has 0 spiro atoms. The highest BCUT2D eigenvalue weighted by atomic mass is 32.1. The van der Waals surface area contributed by atoms with Gasteiger partial charge < -0.3 is 5.32 Å². The predicted octanol–water partition coefficient (Wildman–Crippen LogP) is 4.05. The SMILES string of the molecule is FC(F)(F)c1ccccc1CNc1nc(C2CC2)ns1. The number of benzene rings is 1. The Morgan fingerprint density at radius 3 is 2.70 bits per heavy atom. The summed E-state index contributed by atoms with van der Waals surface area (Å²) >= 11 is 1.20. The summed E-state index contributed by atoms with van der Waals surface area (Å²) in [5.41, 5.74) is -0.400. The molecule has 3 rings (SSSR count). The number of anilines is 1. The standard InChI is InChI=1S/C13H12F3N3S/c14-13(15,16)10-4-2-1-3-9(10)7-17-12-18-11(19-20-12)8-5-6-8/h1-4,8H,5-7H2,(H,17,18,19). The number of hydrogen-bond acceptors (Lipinski definition) is 4. The molecule has 106 valence electrons. The van der Waals surface area contributed by atoms with E-state index in [9.17, 15) is 13.2 Å². The molecule has 1 aromatic heterocycles. The number of halogens is 3. The number of rotatable bonds is 4. The summed E-state index contributed by atoms with van der Waals surface area (Å²) in [6.45, 7) is 0.0922. The second-order valence-electron chi connectivity index (χ2n) is 4.74. The molecule has 0 saturated heterocycles. The van der Waals surface area contributed by atoms with Crippen LogP contribution >= 0.6 is 11.5 Å². The Labute approximate surface area is 118 Å². The van der Waals surface area contributed by atoms with Gasteiger partial charge in [0, 0.05) is 24.0 Å². The van der Waals surface area contributed by atoms with Crippen LogP contribution in [0.25, 0.3) is 0 Å². The molecule has 1 N–H and O–H groups in total. The van der Waals surface area contributed by atoms with E-state index in [-0.39, 0.29) is 12.1 Å². The van der Waals surface area contributed by atoms with E-state index in [0.717, 1.165) is 24.7 Å². The number of nitrogens with zero attached hydrogens (tertiary/aromatic N) is 2. The minimum absolute atomic E-state index is 0.0922. The Balaban J connectivity index is 1.71. The molecule has 1 aliphatic carbocycles. The summed E-state index contributed by atoms with van der Waals surface area (Å²) in [5.74, 6) is 1.26. The van der Waals surface area contributed by atoms with Crippen molar-refractivity contribution in [3.05, 3.63) is 41.2 Å². The summed E-state index contributed by atoms with van der Waals surface area (Å²) in [6.07, 6.45) is -2.13. The van der Waals surface area contributed by atoms with Crippen LogP contribution in [0.2, 0.25) is 0 Å². The molecule has 20 heavy (non-hydrogen) atoms. The summed E-state index contributed by atoms with van der Waals surface area (Å²) in [5, 5.41) is 3.49. The van der Waals surface area contributed by atoms with Gasteiger partial charge in [0.15, 0.2) is 0 Å². The summed E-state index contributed by atoms with van der Waals surface area (Å²) < 4.78 is 42.7. The van der Waals surface area contributed by atoms with Gasteiger partial charge in [-0.1, -0.05) is 18.2 Å². The fourth-order valence-electron chi connectivity index (χ4n) is 1.94. The van der Waals surface area contributed by atoms with Gasteiger partial charge >= 0.3 is 6.18 Å². The molecule has 0 atom stereocenters. The van der Waals surface area contributed by atoms with Crippen molar-refractivity contribution in [2.24, 2.45) is 0 Å². The average molecular weight is 299 g/mol. The van der Waals surface area contributed by atoms with Crippen LogP contribution in [0.4, 0.5) is 18.3 Å². The molecule has 0 amide bonds. The van der Waals surface area contributed by atoms with E-state index in [0.29, 0.717) is 11.0 Å². The van der Waals surface area contributed by atoms with Gasteiger partial charge in [-0.3, -0.25) is 0 Å². The zero-order valence-electron chi connectivity index (χ0n) is 10.4. The van der Waals surface area contributed by atoms with Crippen LogP contribution in [-0.2, 0) is 12.7 Å². The molecule has 0 radical (unpaired) electrons. The monoisotopic (exact) mass is 299 g/mol. The van der Waals surface area contributed by atoms with Crippen LogP contribution in [0.5, 0.6) is 0 Å². The Morgan fingerprint density at radius 1 is 1.25 bits per heavy atom. The van der Waals surface area contributed by atoms with Crippen molar-refractivity contribution in [1.29, 1.82) is 0 Å². The van der Waals surface area contributed by atoms with E-state index in [1.54, 1.807) is 6.07 Å². The predicted molar refractivity (Wildman–Crippen MR) is 70.7 cm³/mol. The lowest BCUT2D eigenvalue weighted by atomic mass is 10.1. The normalized spacial score (nSPS) is 15.3. The Kier molecular flexibility index (Phi) is 3.37. The molecule has 1 heterocycles. The summed E-state index contributed by atoms with van der Waals surface area (Å²) in [4.78, 5) is 4.29. The Morgan fingerprint density at radius 2 is 2.00 bits per heavy atom. The smallest absolute Gasteiger partial charge is 0.356 e. The number of alkyl halides is 3. The van der Waals surface area contributed by atoms with Gasteiger partial charge in [-0.25, -0.2) is 4.98 Å². The third-order valence-corrected chi connectivity index (χ3v) is 3.82. The number of aromatic nitrogens is 2. The Bertz CT molecular complexity index is 605. The first kappa shape index (κ1) is 13.4. The number of hydrogen-bond donors (Lipinski definition) is 1. The van der Waals surface area contributed by atoms with Gasteiger partial charge in [-0.15, -0.1) is 0 Å². The van der Waals surface area contributed by atoms with Crippen LogP contribution in [0, 0.1) is 0 Å². The second-order valence-corrected chi connectivity index (χ2v) is 5.49. The summed E-state index contributed by atoms with van der Waals surface area (Å²) in [7, 11) is 0. The number of nitrogens with one attached hydrogen (secondary N) is 1. The van der Waals surface area contributed by atoms with Gasteiger partial charge in [-0.05, 0) is 24.5 Å². The molecule has 1 fully saturated rings. The van der Waals surface area contributed by atoms with Crippen molar-refractivity contribution in [3.63, 3.8) is 0 Å². The molecule has 7 heteroatoms. The van der Waals surface area contributed by atoms with Gasteiger partial charge in [0.05, 0.1) is 5.56 Å². The fraction of sp³-hybridized carbons (Fsp3) is 0.385. The topological polar surface area (TPSA) is 37.8 Å². The third kappa shape index (κ3) is 2.92. The maximum atomic E-state index is 12.8. The van der Waals surface area contributed by atoms with Gasteiger partial charge in [0.1, 0.15) is 5.82 Å². The lowest BCUT2D eigenvalue weighted by Crippen LogP contribution is -2.11. The molecular weight excluding hydrogens is 287 g/mol. The quantitative estimate of drug-likeness (QED) is 0.925. The molecule has 2 aromatic rings. The van der Waals surface area contributed by atoms with Crippen molar-refractivity contribution in [2.45, 2.75) is 31.5 Å². The molecule has 0 bridgehead atoms. The van der Waals surface area contributed by atoms with Crippen molar-refractivity contribution >= 4 is 16.7 Å². The van der Waals surface area contributed by atoms with Crippen LogP contribution < -0.4 is 5.32 Å². The lowest BCUT2D eigenvalue weighted by Gasteiger charge is -2.12. The van der Waals surface area contributed by atoms with Crippen molar-refractivity contribution in [1.82, 2.24) is 9.36 Å². The molecular formula is C13H12F3N3S. The van der Waals surface area contributed by atoms with E-state index in [1.165, 1.54) is 23.7 Å². The maximum Gasteiger partial charge on any atom is 0.416 e. The average Bonchev–Trinajstić information content (AvgIpc) is 3.15. The highest BCUT2D eigenvalue weighted by molar-refractivity contribution is 7.09. The van der Waals surface area contributed by atoms with Gasteiger partial charge in [0.2, 0.25) is 5.13 Å². The molecule has 3 nitrogen and oxygen atoms in total. The molecule has 1 saturated carbocycles. The first-order valence-electron chi connectivity index (χ1n) is 6.26. The highest BCUT2D eigenvalue weighted by Gasteiger charge is 2.33. The van der Waals surface area contributed by atoms with E-state index in [4.69, 9.17) is 0 Å². The van der Waals surface area contributed by atoms with E-state index >= 15 is 0 Å². The van der Waals surface area contributed by atoms with Crippen LogP contribution in [-0.4, -0.2) is 9.36 Å². The molecule has 1 aromatic carbocycles. The first-order valence-corrected chi connectivity index (χ1v) is 7.04. The largest absolute Gasteiger partial charge is 0.416 e. The minimum atomic E-state index is -4.33. The van der Waals surface area contributed by atoms with E-state index in [2.05, 4.69) is 14.7 Å². The van der Waals surface area contributed by atoms with Crippen molar-refractivity contribution in [3.8, 4) is 0 Å². The van der Waals surface area contributed by atoms with Crippen molar-refractivity contribution in [2.75, 3.05) is 5.32 Å². The van der Waals surface area contributed by atoms with Gasteiger partial charge in [-0.2, -0.15) is 17.5 Å². The van der Waals surface area contributed by atoms with E-state index in [1.807, 2.05) is 0 Å². The van der Waals surface area contributed by atoms with E-state index < -0.39 is 11.7 Å². The zero-order valence-corrected chi connectivity index (χ0v) is 11.3. The molecule has 0 aliphatic heterocycles. The Hall–Kier alpha value is -1.63. The molecule has 0 unspecified atom stereocenters. The molecule has 1 aliphatic rings. The highest BCUT2D eigenvalue weighted by Crippen LogP contribution is 2.39. The van der Waals surface area contributed by atoms with Crippen LogP contribution in [0.15, 0.2) is 24.3 Å². The van der Waals surface area contributed by atoms with Crippen LogP contribution in [0.3, 0.4) is 0 Å². The zero-order chi connectivity index (χ0) is 14.2. The van der Waals surface area contributed by atoms with Crippen LogP contribution in [0.1, 0.15) is 35.7 Å². The maximum absolute atomic E-state index is 12.8. The summed E-state index contributed by atoms with van der Waals surface area (Å²) in [6, 6.07) is 5.55.